The predicted molar refractivity (Wildman–Crippen MR) is 104 cm³/mol. The maximum absolute atomic E-state index is 12.8. The highest BCUT2D eigenvalue weighted by Gasteiger charge is 2.24. The fourth-order valence-corrected chi connectivity index (χ4v) is 3.80. The first-order valence-electron chi connectivity index (χ1n) is 9.20. The van der Waals surface area contributed by atoms with Crippen LogP contribution in [0.5, 0.6) is 11.5 Å². The quantitative estimate of drug-likeness (QED) is 0.679. The van der Waals surface area contributed by atoms with Crippen molar-refractivity contribution in [2.24, 2.45) is 0 Å². The summed E-state index contributed by atoms with van der Waals surface area (Å²) in [6, 6.07) is 9.62. The molecule has 1 fully saturated rings. The summed E-state index contributed by atoms with van der Waals surface area (Å²) in [5.74, 6) is 1.56. The lowest BCUT2D eigenvalue weighted by Gasteiger charge is -2.34. The Labute approximate surface area is 167 Å². The van der Waals surface area contributed by atoms with Crippen molar-refractivity contribution in [2.75, 3.05) is 33.0 Å². The highest BCUT2D eigenvalue weighted by atomic mass is 35.5. The first-order valence-corrected chi connectivity index (χ1v) is 9.58. The third kappa shape index (κ3) is 3.27. The molecule has 0 spiro atoms. The minimum Gasteiger partial charge on any atom is -0.454 e. The molecular formula is C20H19ClN4O3. The van der Waals surface area contributed by atoms with Crippen molar-refractivity contribution in [2.45, 2.75) is 6.54 Å². The van der Waals surface area contributed by atoms with Crippen molar-refractivity contribution in [3.63, 3.8) is 0 Å². The largest absolute Gasteiger partial charge is 0.454 e. The summed E-state index contributed by atoms with van der Waals surface area (Å²) in [6.45, 7) is 4.11. The molecule has 0 aliphatic carbocycles. The molecule has 2 aromatic heterocycles. The highest BCUT2D eigenvalue weighted by Crippen LogP contribution is 2.32. The molecule has 1 saturated heterocycles. The number of carbonyl (C=O) groups is 1. The van der Waals surface area contributed by atoms with Gasteiger partial charge < -0.3 is 18.8 Å². The number of benzene rings is 1. The number of aromatic nitrogens is 2. The van der Waals surface area contributed by atoms with Crippen molar-refractivity contribution in [3.8, 4) is 11.5 Å². The summed E-state index contributed by atoms with van der Waals surface area (Å²) in [5.41, 5.74) is 2.35. The van der Waals surface area contributed by atoms with E-state index in [0.717, 1.165) is 31.1 Å². The van der Waals surface area contributed by atoms with Crippen LogP contribution < -0.4 is 9.47 Å². The summed E-state index contributed by atoms with van der Waals surface area (Å²) in [5, 5.41) is 0.612. The SMILES string of the molecule is O=C(c1cn2cc(Cl)ccc2n1)N1CCN(Cc2ccc3c(c2)OCO3)CC1. The Morgan fingerprint density at radius 3 is 2.71 bits per heavy atom. The van der Waals surface area contributed by atoms with Crippen LogP contribution in [0.4, 0.5) is 0 Å². The zero-order valence-electron chi connectivity index (χ0n) is 15.2. The average molecular weight is 399 g/mol. The highest BCUT2D eigenvalue weighted by molar-refractivity contribution is 6.30. The van der Waals surface area contributed by atoms with Gasteiger partial charge in [0.15, 0.2) is 11.5 Å². The standard InChI is InChI=1S/C20H19ClN4O3/c21-15-2-4-19-22-16(12-25(19)11-15)20(26)24-7-5-23(6-8-24)10-14-1-3-17-18(9-14)28-13-27-17/h1-4,9,11-12H,5-8,10,13H2. The molecule has 8 heteroatoms. The molecule has 5 rings (SSSR count). The molecule has 0 atom stereocenters. The van der Waals surface area contributed by atoms with Gasteiger partial charge in [-0.2, -0.15) is 0 Å². The van der Waals surface area contributed by atoms with Crippen LogP contribution in [0, 0.1) is 0 Å². The number of halogens is 1. The first kappa shape index (κ1) is 17.3. The number of ether oxygens (including phenoxy) is 2. The molecule has 3 aromatic rings. The van der Waals surface area contributed by atoms with E-state index >= 15 is 0 Å². The van der Waals surface area contributed by atoms with Crippen LogP contribution in [0.25, 0.3) is 5.65 Å². The van der Waals surface area contributed by atoms with Crippen molar-refractivity contribution in [1.82, 2.24) is 19.2 Å². The number of fused-ring (bicyclic) bond motifs is 2. The third-order valence-corrected chi connectivity index (χ3v) is 5.36. The molecule has 0 saturated carbocycles. The maximum Gasteiger partial charge on any atom is 0.274 e. The van der Waals surface area contributed by atoms with Crippen LogP contribution in [0.15, 0.2) is 42.7 Å². The lowest BCUT2D eigenvalue weighted by atomic mass is 10.1. The molecule has 0 radical (unpaired) electrons. The van der Waals surface area contributed by atoms with Crippen molar-refractivity contribution >= 4 is 23.2 Å². The molecule has 4 heterocycles. The fourth-order valence-electron chi connectivity index (χ4n) is 3.64. The molecule has 144 valence electrons. The van der Waals surface area contributed by atoms with E-state index in [9.17, 15) is 4.79 Å². The van der Waals surface area contributed by atoms with Crippen LogP contribution in [0.3, 0.4) is 0 Å². The van der Waals surface area contributed by atoms with Gasteiger partial charge in [0.25, 0.3) is 5.91 Å². The maximum atomic E-state index is 12.8. The Balaban J connectivity index is 1.22. The van der Waals surface area contributed by atoms with E-state index in [1.165, 1.54) is 5.56 Å². The molecule has 1 amide bonds. The van der Waals surface area contributed by atoms with E-state index in [-0.39, 0.29) is 12.7 Å². The van der Waals surface area contributed by atoms with Gasteiger partial charge in [0.05, 0.1) is 5.02 Å². The molecule has 2 aliphatic heterocycles. The Bertz CT molecular complexity index is 1040. The lowest BCUT2D eigenvalue weighted by Crippen LogP contribution is -2.48. The Morgan fingerprint density at radius 1 is 1.04 bits per heavy atom. The van der Waals surface area contributed by atoms with Gasteiger partial charge in [0.1, 0.15) is 11.3 Å². The van der Waals surface area contributed by atoms with E-state index in [4.69, 9.17) is 21.1 Å². The number of hydrogen-bond acceptors (Lipinski definition) is 5. The Kier molecular flexibility index (Phi) is 4.33. The second-order valence-corrected chi connectivity index (χ2v) is 7.43. The van der Waals surface area contributed by atoms with Crippen molar-refractivity contribution in [1.29, 1.82) is 0 Å². The van der Waals surface area contributed by atoms with Gasteiger partial charge in [-0.1, -0.05) is 17.7 Å². The van der Waals surface area contributed by atoms with Gasteiger partial charge in [-0.3, -0.25) is 9.69 Å². The molecular weight excluding hydrogens is 380 g/mol. The average Bonchev–Trinajstić information content (AvgIpc) is 3.34. The molecule has 0 N–H and O–H groups in total. The van der Waals surface area contributed by atoms with Gasteiger partial charge >= 0.3 is 0 Å². The van der Waals surface area contributed by atoms with Crippen molar-refractivity contribution in [3.05, 3.63) is 59.0 Å². The number of rotatable bonds is 3. The van der Waals surface area contributed by atoms with Crippen LogP contribution in [-0.2, 0) is 6.54 Å². The van der Waals surface area contributed by atoms with Crippen LogP contribution in [-0.4, -0.2) is 58.1 Å². The van der Waals surface area contributed by atoms with Gasteiger partial charge in [-0.25, -0.2) is 4.98 Å². The first-order chi connectivity index (χ1) is 13.7. The number of imidazole rings is 1. The van der Waals surface area contributed by atoms with Crippen LogP contribution in [0.1, 0.15) is 16.1 Å². The molecule has 1 aromatic carbocycles. The van der Waals surface area contributed by atoms with Crippen LogP contribution >= 0.6 is 11.6 Å². The van der Waals surface area contributed by atoms with Gasteiger partial charge in [0, 0.05) is 45.1 Å². The molecule has 7 nitrogen and oxygen atoms in total. The zero-order valence-corrected chi connectivity index (χ0v) is 15.9. The monoisotopic (exact) mass is 398 g/mol. The number of nitrogens with zero attached hydrogens (tertiary/aromatic N) is 4. The van der Waals surface area contributed by atoms with E-state index in [1.807, 2.05) is 23.1 Å². The topological polar surface area (TPSA) is 59.3 Å². The normalized spacial score (nSPS) is 16.7. The third-order valence-electron chi connectivity index (χ3n) is 5.14. The summed E-state index contributed by atoms with van der Waals surface area (Å²) in [4.78, 5) is 21.4. The summed E-state index contributed by atoms with van der Waals surface area (Å²) < 4.78 is 12.6. The van der Waals surface area contributed by atoms with Crippen LogP contribution in [0.2, 0.25) is 5.02 Å². The minimum absolute atomic E-state index is 0.0393. The molecule has 0 bridgehead atoms. The second-order valence-electron chi connectivity index (χ2n) is 6.99. The van der Waals surface area contributed by atoms with E-state index in [0.29, 0.717) is 29.5 Å². The van der Waals surface area contributed by atoms with E-state index in [1.54, 1.807) is 22.9 Å². The fraction of sp³-hybridized carbons (Fsp3) is 0.300. The number of amides is 1. The summed E-state index contributed by atoms with van der Waals surface area (Å²) in [6.07, 6.45) is 3.49. The summed E-state index contributed by atoms with van der Waals surface area (Å²) in [7, 11) is 0. The number of carbonyl (C=O) groups excluding carboxylic acids is 1. The summed E-state index contributed by atoms with van der Waals surface area (Å²) >= 11 is 6.01. The zero-order chi connectivity index (χ0) is 19.1. The number of pyridine rings is 1. The molecule has 28 heavy (non-hydrogen) atoms. The Hall–Kier alpha value is -2.77. The lowest BCUT2D eigenvalue weighted by molar-refractivity contribution is 0.0623. The van der Waals surface area contributed by atoms with Gasteiger partial charge in [0.2, 0.25) is 6.79 Å². The minimum atomic E-state index is -0.0393. The van der Waals surface area contributed by atoms with Gasteiger partial charge in [-0.05, 0) is 29.8 Å². The second kappa shape index (κ2) is 7.00. The van der Waals surface area contributed by atoms with E-state index in [2.05, 4.69) is 16.0 Å². The smallest absolute Gasteiger partial charge is 0.274 e. The van der Waals surface area contributed by atoms with Crippen molar-refractivity contribution < 1.29 is 14.3 Å². The Morgan fingerprint density at radius 2 is 1.86 bits per heavy atom. The van der Waals surface area contributed by atoms with E-state index < -0.39 is 0 Å². The molecule has 2 aliphatic rings. The predicted octanol–water partition coefficient (Wildman–Crippen LogP) is 2.67. The number of hydrogen-bond donors (Lipinski definition) is 0. The van der Waals surface area contributed by atoms with Gasteiger partial charge in [-0.15, -0.1) is 0 Å². The number of piperazine rings is 1. The molecule has 0 unspecified atom stereocenters.